The number of aromatic amines is 1. The van der Waals surface area contributed by atoms with Gasteiger partial charge in [0.25, 0.3) is 5.91 Å². The summed E-state index contributed by atoms with van der Waals surface area (Å²) in [6.07, 6.45) is 4.21. The average Bonchev–Trinajstić information content (AvgIpc) is 3.21. The summed E-state index contributed by atoms with van der Waals surface area (Å²) >= 11 is 0. The third kappa shape index (κ3) is 4.49. The van der Waals surface area contributed by atoms with E-state index in [-0.39, 0.29) is 5.91 Å². The third-order valence-electron chi connectivity index (χ3n) is 5.16. The van der Waals surface area contributed by atoms with E-state index in [1.54, 1.807) is 6.07 Å². The molecule has 4 rings (SSSR count). The van der Waals surface area contributed by atoms with Crippen molar-refractivity contribution < 1.29 is 4.79 Å². The van der Waals surface area contributed by atoms with Gasteiger partial charge in [-0.1, -0.05) is 48.5 Å². The number of aromatic nitrogens is 3. The van der Waals surface area contributed by atoms with Crippen LogP contribution in [0.4, 0.5) is 5.82 Å². The molecule has 0 saturated heterocycles. The molecule has 152 valence electrons. The minimum absolute atomic E-state index is 0.186. The number of H-pyrrole nitrogens is 1. The van der Waals surface area contributed by atoms with Crippen LogP contribution in [0.3, 0.4) is 0 Å². The van der Waals surface area contributed by atoms with Crippen molar-refractivity contribution in [1.29, 1.82) is 0 Å². The van der Waals surface area contributed by atoms with Crippen LogP contribution < -0.4 is 10.2 Å². The van der Waals surface area contributed by atoms with Crippen molar-refractivity contribution >= 4 is 22.6 Å². The van der Waals surface area contributed by atoms with Crippen molar-refractivity contribution in [3.63, 3.8) is 0 Å². The maximum absolute atomic E-state index is 12.6. The van der Waals surface area contributed by atoms with Crippen LogP contribution >= 0.6 is 0 Å². The highest BCUT2D eigenvalue weighted by molar-refractivity contribution is 5.93. The van der Waals surface area contributed by atoms with Crippen LogP contribution in [0.25, 0.3) is 10.9 Å². The molecule has 6 nitrogen and oxygen atoms in total. The van der Waals surface area contributed by atoms with E-state index in [1.165, 1.54) is 22.8 Å². The molecule has 2 aromatic heterocycles. The molecule has 0 aliphatic heterocycles. The summed E-state index contributed by atoms with van der Waals surface area (Å²) in [7, 11) is 0. The van der Waals surface area contributed by atoms with Crippen LogP contribution in [0.5, 0.6) is 0 Å². The van der Waals surface area contributed by atoms with Crippen LogP contribution in [0.15, 0.2) is 73.2 Å². The van der Waals surface area contributed by atoms with Gasteiger partial charge in [0.2, 0.25) is 0 Å². The molecule has 0 aliphatic carbocycles. The summed E-state index contributed by atoms with van der Waals surface area (Å²) in [6, 6.07) is 20.1. The first kappa shape index (κ1) is 19.6. The molecule has 2 aromatic carbocycles. The van der Waals surface area contributed by atoms with Gasteiger partial charge in [0.1, 0.15) is 17.8 Å². The van der Waals surface area contributed by atoms with E-state index in [0.717, 1.165) is 30.8 Å². The lowest BCUT2D eigenvalue weighted by atomic mass is 10.1. The highest BCUT2D eigenvalue weighted by Crippen LogP contribution is 2.18. The Balaban J connectivity index is 1.39. The zero-order chi connectivity index (χ0) is 20.8. The second kappa shape index (κ2) is 9.22. The fourth-order valence-electron chi connectivity index (χ4n) is 3.54. The number of nitrogens with one attached hydrogen (secondary N) is 2. The first-order valence-electron chi connectivity index (χ1n) is 10.2. The highest BCUT2D eigenvalue weighted by Gasteiger charge is 2.13. The molecule has 2 N–H and O–H groups in total. The van der Waals surface area contributed by atoms with Gasteiger partial charge in [-0.05, 0) is 30.5 Å². The zero-order valence-electron chi connectivity index (χ0n) is 17.0. The lowest BCUT2D eigenvalue weighted by molar-refractivity contribution is 0.0949. The Labute approximate surface area is 176 Å². The first-order valence-corrected chi connectivity index (χ1v) is 10.2. The van der Waals surface area contributed by atoms with Gasteiger partial charge in [-0.15, -0.1) is 0 Å². The summed E-state index contributed by atoms with van der Waals surface area (Å²) in [4.78, 5) is 26.6. The molecule has 0 bridgehead atoms. The second-order valence-corrected chi connectivity index (χ2v) is 7.13. The molecule has 30 heavy (non-hydrogen) atoms. The molecule has 4 aromatic rings. The molecule has 1 amide bonds. The maximum Gasteiger partial charge on any atom is 0.270 e. The molecule has 0 spiro atoms. The van der Waals surface area contributed by atoms with Crippen molar-refractivity contribution in [2.75, 3.05) is 18.0 Å². The Bertz CT molecular complexity index is 1120. The molecule has 6 heteroatoms. The molecule has 0 radical (unpaired) electrons. The van der Waals surface area contributed by atoms with E-state index in [4.69, 9.17) is 0 Å². The summed E-state index contributed by atoms with van der Waals surface area (Å²) in [5.74, 6) is 0.562. The fraction of sp³-hybridized carbons (Fsp3) is 0.208. The summed E-state index contributed by atoms with van der Waals surface area (Å²) in [5.41, 5.74) is 3.87. The lowest BCUT2D eigenvalue weighted by Crippen LogP contribution is -2.28. The first-order chi connectivity index (χ1) is 14.7. The standard InChI is InChI=1S/C24H25N5O/c1-2-29(16-18-8-4-3-5-9-18)23-14-22(27-17-28-23)24(30)25-13-12-19-15-26-21-11-7-6-10-20(19)21/h3-11,14-15,17,26H,2,12-13,16H2,1H3,(H,25,30). The average molecular weight is 399 g/mol. The summed E-state index contributed by atoms with van der Waals surface area (Å²) in [6.45, 7) is 4.14. The van der Waals surface area contributed by atoms with Gasteiger partial charge in [-0.25, -0.2) is 9.97 Å². The quantitative estimate of drug-likeness (QED) is 0.470. The number of anilines is 1. The van der Waals surface area contributed by atoms with Crippen LogP contribution in [0.1, 0.15) is 28.5 Å². The largest absolute Gasteiger partial charge is 0.361 e. The molecule has 0 unspecified atom stereocenters. The number of hydrogen-bond donors (Lipinski definition) is 2. The predicted octanol–water partition coefficient (Wildman–Crippen LogP) is 3.96. The number of amides is 1. The lowest BCUT2D eigenvalue weighted by Gasteiger charge is -2.22. The zero-order valence-corrected chi connectivity index (χ0v) is 17.0. The Morgan fingerprint density at radius 1 is 1.07 bits per heavy atom. The van der Waals surface area contributed by atoms with Gasteiger partial charge >= 0.3 is 0 Å². The minimum atomic E-state index is -0.186. The van der Waals surface area contributed by atoms with E-state index >= 15 is 0 Å². The number of carbonyl (C=O) groups is 1. The van der Waals surface area contributed by atoms with Crippen molar-refractivity contribution in [2.45, 2.75) is 19.9 Å². The van der Waals surface area contributed by atoms with E-state index in [2.05, 4.69) is 56.4 Å². The van der Waals surface area contributed by atoms with E-state index in [0.29, 0.717) is 12.2 Å². The molecular weight excluding hydrogens is 374 g/mol. The molecule has 0 fully saturated rings. The number of fused-ring (bicyclic) bond motifs is 1. The van der Waals surface area contributed by atoms with E-state index < -0.39 is 0 Å². The number of benzene rings is 2. The normalized spacial score (nSPS) is 10.8. The second-order valence-electron chi connectivity index (χ2n) is 7.13. The Morgan fingerprint density at radius 3 is 2.70 bits per heavy atom. The van der Waals surface area contributed by atoms with Gasteiger partial charge in [0.05, 0.1) is 0 Å². The SMILES string of the molecule is CCN(Cc1ccccc1)c1cc(C(=O)NCCc2c[nH]c3ccccc23)ncn1. The Hall–Kier alpha value is -3.67. The number of para-hydroxylation sites is 1. The molecular formula is C24H25N5O. The topological polar surface area (TPSA) is 73.9 Å². The highest BCUT2D eigenvalue weighted by atomic mass is 16.1. The number of nitrogens with zero attached hydrogens (tertiary/aromatic N) is 3. The van der Waals surface area contributed by atoms with E-state index in [9.17, 15) is 4.79 Å². The number of carbonyl (C=O) groups excluding carboxylic acids is 1. The van der Waals surface area contributed by atoms with Gasteiger partial charge < -0.3 is 15.2 Å². The maximum atomic E-state index is 12.6. The van der Waals surface area contributed by atoms with Crippen LogP contribution in [0, 0.1) is 0 Å². The van der Waals surface area contributed by atoms with Crippen molar-refractivity contribution in [2.24, 2.45) is 0 Å². The van der Waals surface area contributed by atoms with Crippen LogP contribution in [-0.4, -0.2) is 33.9 Å². The smallest absolute Gasteiger partial charge is 0.270 e. The molecule has 0 aliphatic rings. The van der Waals surface area contributed by atoms with Gasteiger partial charge in [-0.3, -0.25) is 4.79 Å². The summed E-state index contributed by atoms with van der Waals surface area (Å²) < 4.78 is 0. The monoisotopic (exact) mass is 399 g/mol. The van der Waals surface area contributed by atoms with Crippen LogP contribution in [0.2, 0.25) is 0 Å². The molecule has 0 saturated carbocycles. The van der Waals surface area contributed by atoms with Crippen molar-refractivity contribution in [3.8, 4) is 0 Å². The predicted molar refractivity (Wildman–Crippen MR) is 120 cm³/mol. The number of hydrogen-bond acceptors (Lipinski definition) is 4. The third-order valence-corrected chi connectivity index (χ3v) is 5.16. The Kier molecular flexibility index (Phi) is 6.03. The molecule has 2 heterocycles. The van der Waals surface area contributed by atoms with Crippen LogP contribution in [-0.2, 0) is 13.0 Å². The van der Waals surface area contributed by atoms with Gasteiger partial charge in [0, 0.05) is 42.8 Å². The fourth-order valence-corrected chi connectivity index (χ4v) is 3.54. The number of rotatable bonds is 8. The summed E-state index contributed by atoms with van der Waals surface area (Å²) in [5, 5.41) is 4.16. The van der Waals surface area contributed by atoms with Crippen molar-refractivity contribution in [1.82, 2.24) is 20.3 Å². The van der Waals surface area contributed by atoms with Crippen molar-refractivity contribution in [3.05, 3.63) is 90.0 Å². The van der Waals surface area contributed by atoms with E-state index in [1.807, 2.05) is 36.5 Å². The Morgan fingerprint density at radius 2 is 1.87 bits per heavy atom. The molecule has 0 atom stereocenters. The minimum Gasteiger partial charge on any atom is -0.361 e. The van der Waals surface area contributed by atoms with Gasteiger partial charge in [0.15, 0.2) is 0 Å². The van der Waals surface area contributed by atoms with Gasteiger partial charge in [-0.2, -0.15) is 0 Å².